The van der Waals surface area contributed by atoms with E-state index >= 15 is 0 Å². The van der Waals surface area contributed by atoms with E-state index in [0.717, 1.165) is 23.1 Å². The van der Waals surface area contributed by atoms with E-state index in [4.69, 9.17) is 11.6 Å². The molecule has 0 saturated carbocycles. The van der Waals surface area contributed by atoms with Crippen molar-refractivity contribution in [3.63, 3.8) is 0 Å². The van der Waals surface area contributed by atoms with E-state index in [1.54, 1.807) is 10.9 Å². The zero-order chi connectivity index (χ0) is 14.7. The Labute approximate surface area is 128 Å². The summed E-state index contributed by atoms with van der Waals surface area (Å²) < 4.78 is 1.73. The van der Waals surface area contributed by atoms with E-state index in [1.807, 2.05) is 48.8 Å². The average molecular weight is 299 g/mol. The maximum absolute atomic E-state index is 5.96. The number of halogens is 1. The minimum absolute atomic E-state index is 0.742. The van der Waals surface area contributed by atoms with Gasteiger partial charge in [-0.1, -0.05) is 17.7 Å². The van der Waals surface area contributed by atoms with Gasteiger partial charge in [0.1, 0.15) is 0 Å². The second-order valence-corrected chi connectivity index (χ2v) is 5.22. The van der Waals surface area contributed by atoms with Crippen LogP contribution in [0.25, 0.3) is 5.82 Å². The van der Waals surface area contributed by atoms with Crippen LogP contribution in [-0.4, -0.2) is 14.8 Å². The van der Waals surface area contributed by atoms with Gasteiger partial charge in [-0.3, -0.25) is 0 Å². The molecule has 1 aromatic carbocycles. The highest BCUT2D eigenvalue weighted by atomic mass is 35.5. The number of benzene rings is 1. The van der Waals surface area contributed by atoms with Gasteiger partial charge in [-0.05, 0) is 48.4 Å². The van der Waals surface area contributed by atoms with Crippen molar-refractivity contribution in [2.45, 2.75) is 13.5 Å². The Balaban J connectivity index is 1.68. The fourth-order valence-electron chi connectivity index (χ4n) is 2.09. The molecule has 0 aliphatic rings. The predicted octanol–water partition coefficient (Wildman–Crippen LogP) is 3.84. The molecule has 0 amide bonds. The fraction of sp³-hybridized carbons (Fsp3) is 0.125. The molecular weight excluding hydrogens is 284 g/mol. The van der Waals surface area contributed by atoms with E-state index in [2.05, 4.69) is 22.3 Å². The van der Waals surface area contributed by atoms with Gasteiger partial charge in [0, 0.05) is 24.0 Å². The molecular formula is C16H15ClN4. The van der Waals surface area contributed by atoms with Crippen LogP contribution >= 0.6 is 11.6 Å². The predicted molar refractivity (Wildman–Crippen MR) is 84.9 cm³/mol. The molecule has 0 radical (unpaired) electrons. The van der Waals surface area contributed by atoms with Gasteiger partial charge >= 0.3 is 0 Å². The standard InChI is InChI=1S/C16H15ClN4/c1-12-9-14(17)4-3-13(12)10-18-15-5-6-16(19-11-15)21-8-2-7-20-21/h2-9,11,18H,10H2,1H3. The Morgan fingerprint density at radius 3 is 2.81 bits per heavy atom. The molecule has 0 saturated heterocycles. The van der Waals surface area contributed by atoms with Crippen LogP contribution in [0.4, 0.5) is 5.69 Å². The third-order valence-electron chi connectivity index (χ3n) is 3.27. The first-order valence-electron chi connectivity index (χ1n) is 6.67. The van der Waals surface area contributed by atoms with E-state index < -0.39 is 0 Å². The largest absolute Gasteiger partial charge is 0.380 e. The molecule has 2 aromatic heterocycles. The minimum atomic E-state index is 0.742. The molecule has 21 heavy (non-hydrogen) atoms. The first kappa shape index (κ1) is 13.6. The van der Waals surface area contributed by atoms with Crippen LogP contribution in [0.5, 0.6) is 0 Å². The van der Waals surface area contributed by atoms with E-state index in [9.17, 15) is 0 Å². The summed E-state index contributed by atoms with van der Waals surface area (Å²) in [7, 11) is 0. The Hall–Kier alpha value is -2.33. The molecule has 3 rings (SSSR count). The molecule has 0 unspecified atom stereocenters. The third-order valence-corrected chi connectivity index (χ3v) is 3.51. The lowest BCUT2D eigenvalue weighted by atomic mass is 10.1. The molecule has 0 aliphatic carbocycles. The molecule has 1 N–H and O–H groups in total. The van der Waals surface area contributed by atoms with Gasteiger partial charge in [-0.25, -0.2) is 9.67 Å². The molecule has 0 fully saturated rings. The second-order valence-electron chi connectivity index (χ2n) is 4.78. The van der Waals surface area contributed by atoms with Crippen molar-refractivity contribution < 1.29 is 0 Å². The normalized spacial score (nSPS) is 10.6. The average Bonchev–Trinajstić information content (AvgIpc) is 3.01. The van der Waals surface area contributed by atoms with Gasteiger partial charge in [-0.2, -0.15) is 5.10 Å². The van der Waals surface area contributed by atoms with Crippen LogP contribution in [0, 0.1) is 6.92 Å². The Morgan fingerprint density at radius 2 is 2.14 bits per heavy atom. The van der Waals surface area contributed by atoms with Gasteiger partial charge in [-0.15, -0.1) is 0 Å². The summed E-state index contributed by atoms with van der Waals surface area (Å²) in [6, 6.07) is 11.7. The summed E-state index contributed by atoms with van der Waals surface area (Å²) in [5.41, 5.74) is 3.37. The lowest BCUT2D eigenvalue weighted by Gasteiger charge is -2.09. The topological polar surface area (TPSA) is 42.7 Å². The molecule has 0 aliphatic heterocycles. The highest BCUT2D eigenvalue weighted by Gasteiger charge is 2.01. The lowest BCUT2D eigenvalue weighted by molar-refractivity contribution is 0.847. The number of aromatic nitrogens is 3. The number of nitrogens with one attached hydrogen (secondary N) is 1. The quantitative estimate of drug-likeness (QED) is 0.796. The molecule has 0 spiro atoms. The maximum Gasteiger partial charge on any atom is 0.153 e. The fourth-order valence-corrected chi connectivity index (χ4v) is 2.31. The van der Waals surface area contributed by atoms with Crippen molar-refractivity contribution in [2.24, 2.45) is 0 Å². The molecule has 0 bridgehead atoms. The number of hydrogen-bond donors (Lipinski definition) is 1. The van der Waals surface area contributed by atoms with E-state index in [-0.39, 0.29) is 0 Å². The van der Waals surface area contributed by atoms with Crippen LogP contribution in [0.1, 0.15) is 11.1 Å². The summed E-state index contributed by atoms with van der Waals surface area (Å²) in [5.74, 6) is 0.799. The first-order valence-corrected chi connectivity index (χ1v) is 7.05. The summed E-state index contributed by atoms with van der Waals surface area (Å²) in [5, 5.41) is 8.27. The summed E-state index contributed by atoms with van der Waals surface area (Å²) in [6.07, 6.45) is 5.41. The molecule has 106 valence electrons. The smallest absolute Gasteiger partial charge is 0.153 e. The monoisotopic (exact) mass is 298 g/mol. The van der Waals surface area contributed by atoms with Crippen LogP contribution < -0.4 is 5.32 Å². The van der Waals surface area contributed by atoms with Gasteiger partial charge in [0.2, 0.25) is 0 Å². The molecule has 2 heterocycles. The van der Waals surface area contributed by atoms with Gasteiger partial charge in [0.05, 0.1) is 11.9 Å². The van der Waals surface area contributed by atoms with Gasteiger partial charge in [0.25, 0.3) is 0 Å². The van der Waals surface area contributed by atoms with Crippen LogP contribution in [-0.2, 0) is 6.54 Å². The SMILES string of the molecule is Cc1cc(Cl)ccc1CNc1ccc(-n2cccn2)nc1. The Morgan fingerprint density at radius 1 is 1.24 bits per heavy atom. The molecule has 0 atom stereocenters. The minimum Gasteiger partial charge on any atom is -0.380 e. The highest BCUT2D eigenvalue weighted by molar-refractivity contribution is 6.30. The Kier molecular flexibility index (Phi) is 3.88. The first-order chi connectivity index (χ1) is 10.2. The zero-order valence-corrected chi connectivity index (χ0v) is 12.4. The van der Waals surface area contributed by atoms with E-state index in [1.165, 1.54) is 11.1 Å². The van der Waals surface area contributed by atoms with Gasteiger partial charge in [0.15, 0.2) is 5.82 Å². The van der Waals surface area contributed by atoms with Crippen molar-refractivity contribution in [1.82, 2.24) is 14.8 Å². The highest BCUT2D eigenvalue weighted by Crippen LogP contribution is 2.17. The molecule has 4 nitrogen and oxygen atoms in total. The van der Waals surface area contributed by atoms with E-state index in [0.29, 0.717) is 0 Å². The summed E-state index contributed by atoms with van der Waals surface area (Å²) >= 11 is 5.96. The molecule has 3 aromatic rings. The Bertz CT molecular complexity index is 721. The van der Waals surface area contributed by atoms with Crippen molar-refractivity contribution in [3.05, 3.63) is 71.1 Å². The van der Waals surface area contributed by atoms with Crippen molar-refractivity contribution in [1.29, 1.82) is 0 Å². The van der Waals surface area contributed by atoms with Crippen molar-refractivity contribution in [2.75, 3.05) is 5.32 Å². The number of aryl methyl sites for hydroxylation is 1. The van der Waals surface area contributed by atoms with Crippen molar-refractivity contribution >= 4 is 17.3 Å². The summed E-state index contributed by atoms with van der Waals surface area (Å²) in [4.78, 5) is 4.39. The maximum atomic E-state index is 5.96. The van der Waals surface area contributed by atoms with Crippen molar-refractivity contribution in [3.8, 4) is 5.82 Å². The number of pyridine rings is 1. The second kappa shape index (κ2) is 5.97. The zero-order valence-electron chi connectivity index (χ0n) is 11.6. The molecule has 5 heteroatoms. The van der Waals surface area contributed by atoms with Crippen LogP contribution in [0.2, 0.25) is 5.02 Å². The summed E-state index contributed by atoms with van der Waals surface area (Å²) in [6.45, 7) is 2.80. The number of rotatable bonds is 4. The van der Waals surface area contributed by atoms with Crippen LogP contribution in [0.15, 0.2) is 55.0 Å². The van der Waals surface area contributed by atoms with Gasteiger partial charge < -0.3 is 5.32 Å². The third kappa shape index (κ3) is 3.23. The lowest BCUT2D eigenvalue weighted by Crippen LogP contribution is -2.03. The van der Waals surface area contributed by atoms with Crippen LogP contribution in [0.3, 0.4) is 0 Å². The number of hydrogen-bond acceptors (Lipinski definition) is 3. The number of anilines is 1. The number of nitrogens with zero attached hydrogens (tertiary/aromatic N) is 3.